The van der Waals surface area contributed by atoms with Gasteiger partial charge in [-0.1, -0.05) is 27.7 Å². The molecule has 0 rings (SSSR count). The topological polar surface area (TPSA) is 51.2 Å². The minimum absolute atomic E-state index is 0.189. The SMILES string of the molecule is CCC(CC(=O)CCCSCC(C)S)(CC(=O)CCCSCC(C)S)CC(=O)CCCSCC(C)S. The van der Waals surface area contributed by atoms with Gasteiger partial charge in [0, 0.05) is 71.5 Å². The summed E-state index contributed by atoms with van der Waals surface area (Å²) in [7, 11) is 0. The van der Waals surface area contributed by atoms with Gasteiger partial charge < -0.3 is 0 Å². The zero-order valence-corrected chi connectivity index (χ0v) is 28.0. The highest BCUT2D eigenvalue weighted by Crippen LogP contribution is 2.37. The molecule has 0 saturated carbocycles. The Morgan fingerprint density at radius 1 is 0.611 bits per heavy atom. The maximum atomic E-state index is 12.9. The highest BCUT2D eigenvalue weighted by Gasteiger charge is 2.35. The van der Waals surface area contributed by atoms with Crippen molar-refractivity contribution in [1.29, 1.82) is 0 Å². The molecule has 0 fully saturated rings. The first-order valence-electron chi connectivity index (χ1n) is 13.3. The summed E-state index contributed by atoms with van der Waals surface area (Å²) in [4.78, 5) is 38.8. The Hall–Kier alpha value is 1.11. The molecule has 0 aromatic rings. The molecule has 0 aliphatic carbocycles. The Balaban J connectivity index is 4.92. The van der Waals surface area contributed by atoms with Crippen LogP contribution in [0.2, 0.25) is 0 Å². The number of carbonyl (C=O) groups is 3. The second kappa shape index (κ2) is 22.9. The zero-order chi connectivity index (χ0) is 27.4. The van der Waals surface area contributed by atoms with Crippen LogP contribution in [0.1, 0.15) is 91.9 Å². The van der Waals surface area contributed by atoms with Crippen LogP contribution in [0, 0.1) is 5.41 Å². The molecule has 3 unspecified atom stereocenters. The van der Waals surface area contributed by atoms with E-state index in [0.717, 1.165) is 53.8 Å². The largest absolute Gasteiger partial charge is 0.300 e. The van der Waals surface area contributed by atoms with E-state index < -0.39 is 5.41 Å². The Morgan fingerprint density at radius 3 is 1.11 bits per heavy atom. The van der Waals surface area contributed by atoms with Gasteiger partial charge in [-0.3, -0.25) is 14.4 Å². The predicted molar refractivity (Wildman–Crippen MR) is 177 cm³/mol. The fourth-order valence-electron chi connectivity index (χ4n) is 3.96. The maximum absolute atomic E-state index is 12.9. The summed E-state index contributed by atoms with van der Waals surface area (Å²) in [5, 5.41) is 1.07. The van der Waals surface area contributed by atoms with Gasteiger partial charge in [0.1, 0.15) is 17.3 Å². The number of hydrogen-bond donors (Lipinski definition) is 3. The smallest absolute Gasteiger partial charge is 0.133 e. The third-order valence-corrected chi connectivity index (χ3v) is 11.0. The first kappa shape index (κ1) is 37.1. The highest BCUT2D eigenvalue weighted by molar-refractivity contribution is 8.00. The molecule has 0 aromatic heterocycles. The van der Waals surface area contributed by atoms with Gasteiger partial charge in [-0.05, 0) is 48.4 Å². The monoisotopic (exact) mass is 614 g/mol. The van der Waals surface area contributed by atoms with E-state index in [2.05, 4.69) is 58.7 Å². The summed E-state index contributed by atoms with van der Waals surface area (Å²) in [6.45, 7) is 8.25. The second-order valence-corrected chi connectivity index (χ2v) is 16.2. The standard InChI is InChI=1S/C27H50O3S6/c1-5-27(15-24(28)9-6-12-34-18-21(2)31,16-25(29)10-7-13-35-19-22(3)32)17-26(30)11-8-14-36-20-23(4)33/h21-23,31-33H,5-20H2,1-4H3. The summed E-state index contributed by atoms with van der Waals surface area (Å²) in [5.41, 5.74) is -0.530. The van der Waals surface area contributed by atoms with Gasteiger partial charge in [-0.2, -0.15) is 73.2 Å². The van der Waals surface area contributed by atoms with Crippen LogP contribution < -0.4 is 0 Å². The molecule has 0 heterocycles. The lowest BCUT2D eigenvalue weighted by molar-refractivity contribution is -0.127. The van der Waals surface area contributed by atoms with E-state index in [0.29, 0.717) is 60.7 Å². The van der Waals surface area contributed by atoms with E-state index >= 15 is 0 Å². The zero-order valence-electron chi connectivity index (χ0n) is 22.8. The van der Waals surface area contributed by atoms with Crippen LogP contribution >= 0.6 is 73.2 Å². The number of thioether (sulfide) groups is 3. The molecule has 0 aliphatic rings. The molecular weight excluding hydrogens is 565 g/mol. The van der Waals surface area contributed by atoms with Crippen molar-refractivity contribution in [2.24, 2.45) is 5.41 Å². The Kier molecular flexibility index (Phi) is 23.6. The van der Waals surface area contributed by atoms with Crippen molar-refractivity contribution in [3.05, 3.63) is 0 Å². The van der Waals surface area contributed by atoms with E-state index in [1.54, 1.807) is 0 Å². The second-order valence-electron chi connectivity index (χ2n) is 10.1. The van der Waals surface area contributed by atoms with Gasteiger partial charge in [0.25, 0.3) is 0 Å². The summed E-state index contributed by atoms with van der Waals surface area (Å²) in [6.07, 6.45) is 5.79. The molecule has 0 aliphatic heterocycles. The van der Waals surface area contributed by atoms with E-state index in [1.165, 1.54) is 0 Å². The summed E-state index contributed by atoms with van der Waals surface area (Å²) >= 11 is 18.7. The summed E-state index contributed by atoms with van der Waals surface area (Å²) < 4.78 is 0. The van der Waals surface area contributed by atoms with Gasteiger partial charge in [0.2, 0.25) is 0 Å². The van der Waals surface area contributed by atoms with Crippen LogP contribution in [0.4, 0.5) is 0 Å². The van der Waals surface area contributed by atoms with E-state index in [9.17, 15) is 14.4 Å². The molecular formula is C27H50O3S6. The lowest BCUT2D eigenvalue weighted by Crippen LogP contribution is -2.30. The molecule has 0 aromatic carbocycles. The number of Topliss-reactive ketones (excluding diaryl/α,β-unsaturated/α-hetero) is 3. The van der Waals surface area contributed by atoms with Crippen molar-refractivity contribution in [1.82, 2.24) is 0 Å². The average molecular weight is 615 g/mol. The molecule has 212 valence electrons. The minimum atomic E-state index is -0.530. The predicted octanol–water partition coefficient (Wildman–Crippen LogP) is 7.76. The van der Waals surface area contributed by atoms with Crippen molar-refractivity contribution >= 4 is 90.5 Å². The molecule has 0 amide bonds. The molecule has 3 nitrogen and oxygen atoms in total. The molecule has 0 radical (unpaired) electrons. The molecule has 0 N–H and O–H groups in total. The van der Waals surface area contributed by atoms with Gasteiger partial charge >= 0.3 is 0 Å². The van der Waals surface area contributed by atoms with Crippen molar-refractivity contribution in [3.8, 4) is 0 Å². The Morgan fingerprint density at radius 2 is 0.889 bits per heavy atom. The van der Waals surface area contributed by atoms with Crippen LogP contribution in [0.25, 0.3) is 0 Å². The third-order valence-electron chi connectivity index (χ3n) is 5.78. The van der Waals surface area contributed by atoms with Crippen molar-refractivity contribution < 1.29 is 14.4 Å². The third kappa shape index (κ3) is 22.0. The van der Waals surface area contributed by atoms with Gasteiger partial charge in [0.15, 0.2) is 0 Å². The summed E-state index contributed by atoms with van der Waals surface area (Å²) in [6, 6.07) is 0. The Bertz CT molecular complexity index is 531. The number of thiol groups is 3. The number of hydrogen-bond acceptors (Lipinski definition) is 9. The minimum Gasteiger partial charge on any atom is -0.300 e. The van der Waals surface area contributed by atoms with Crippen molar-refractivity contribution in [3.63, 3.8) is 0 Å². The van der Waals surface area contributed by atoms with Crippen LogP contribution in [-0.4, -0.2) is 67.6 Å². The first-order chi connectivity index (χ1) is 17.0. The number of ketones is 3. The van der Waals surface area contributed by atoms with E-state index in [1.807, 2.05) is 42.2 Å². The van der Waals surface area contributed by atoms with Gasteiger partial charge in [-0.25, -0.2) is 0 Å². The summed E-state index contributed by atoms with van der Waals surface area (Å²) in [5.74, 6) is 6.34. The van der Waals surface area contributed by atoms with E-state index in [-0.39, 0.29) is 17.3 Å². The fourth-order valence-corrected chi connectivity index (χ4v) is 7.48. The highest BCUT2D eigenvalue weighted by atomic mass is 32.2. The molecule has 0 spiro atoms. The number of carbonyl (C=O) groups excluding carboxylic acids is 3. The molecule has 36 heavy (non-hydrogen) atoms. The first-order valence-corrected chi connectivity index (χ1v) is 18.3. The van der Waals surface area contributed by atoms with E-state index in [4.69, 9.17) is 0 Å². The number of rotatable bonds is 25. The average Bonchev–Trinajstić information content (AvgIpc) is 2.77. The van der Waals surface area contributed by atoms with Crippen LogP contribution in [0.15, 0.2) is 0 Å². The van der Waals surface area contributed by atoms with Crippen LogP contribution in [-0.2, 0) is 14.4 Å². The molecule has 9 heteroatoms. The lowest BCUT2D eigenvalue weighted by Gasteiger charge is -2.31. The fraction of sp³-hybridized carbons (Fsp3) is 0.889. The molecule has 0 bridgehead atoms. The molecule has 0 saturated heterocycles. The quantitative estimate of drug-likeness (QED) is 0.0722. The normalized spacial score (nSPS) is 15.8. The van der Waals surface area contributed by atoms with Crippen molar-refractivity contribution in [2.45, 2.75) is 108 Å². The maximum Gasteiger partial charge on any atom is 0.133 e. The van der Waals surface area contributed by atoms with Crippen molar-refractivity contribution in [2.75, 3.05) is 34.5 Å². The van der Waals surface area contributed by atoms with Gasteiger partial charge in [0.05, 0.1) is 0 Å². The van der Waals surface area contributed by atoms with Crippen LogP contribution in [0.5, 0.6) is 0 Å². The molecule has 3 atom stereocenters. The van der Waals surface area contributed by atoms with Gasteiger partial charge in [-0.15, -0.1) is 0 Å². The lowest BCUT2D eigenvalue weighted by atomic mass is 9.71. The van der Waals surface area contributed by atoms with Crippen LogP contribution in [0.3, 0.4) is 0 Å². The Labute approximate surface area is 251 Å².